The second-order valence-electron chi connectivity index (χ2n) is 4.72. The van der Waals surface area contributed by atoms with Crippen LogP contribution in [-0.2, 0) is 9.47 Å². The molecular weight excluding hydrogens is 228 g/mol. The van der Waals surface area contributed by atoms with E-state index in [0.29, 0.717) is 0 Å². The lowest BCUT2D eigenvalue weighted by Gasteiger charge is -2.24. The van der Waals surface area contributed by atoms with Gasteiger partial charge in [0.25, 0.3) is 0 Å². The highest BCUT2D eigenvalue weighted by atomic mass is 16.7. The Kier molecular flexibility index (Phi) is 11.8. The van der Waals surface area contributed by atoms with Crippen LogP contribution in [0.2, 0.25) is 0 Å². The zero-order chi connectivity index (χ0) is 13.8. The van der Waals surface area contributed by atoms with Crippen molar-refractivity contribution in [1.82, 2.24) is 9.80 Å². The van der Waals surface area contributed by atoms with E-state index in [4.69, 9.17) is 9.47 Å². The first-order chi connectivity index (χ1) is 8.63. The van der Waals surface area contributed by atoms with Gasteiger partial charge in [-0.3, -0.25) is 0 Å². The Morgan fingerprint density at radius 3 is 1.94 bits per heavy atom. The summed E-state index contributed by atoms with van der Waals surface area (Å²) in [6, 6.07) is 0. The Morgan fingerprint density at radius 1 is 0.889 bits per heavy atom. The van der Waals surface area contributed by atoms with Crippen LogP contribution in [0.25, 0.3) is 0 Å². The Hall–Kier alpha value is -0.160. The zero-order valence-electron chi connectivity index (χ0n) is 12.9. The molecule has 4 heteroatoms. The van der Waals surface area contributed by atoms with Crippen molar-refractivity contribution in [2.45, 2.75) is 39.9 Å². The van der Waals surface area contributed by atoms with Crippen LogP contribution in [0, 0.1) is 0 Å². The van der Waals surface area contributed by atoms with Crippen molar-refractivity contribution in [2.75, 3.05) is 53.5 Å². The summed E-state index contributed by atoms with van der Waals surface area (Å²) < 4.78 is 11.1. The number of hydrogen-bond donors (Lipinski definition) is 0. The highest BCUT2D eigenvalue weighted by Gasteiger charge is 2.10. The van der Waals surface area contributed by atoms with E-state index in [1.165, 1.54) is 6.42 Å². The van der Waals surface area contributed by atoms with Crippen molar-refractivity contribution in [3.05, 3.63) is 0 Å². The monoisotopic (exact) mass is 260 g/mol. The molecule has 0 spiro atoms. The zero-order valence-corrected chi connectivity index (χ0v) is 12.9. The van der Waals surface area contributed by atoms with Crippen LogP contribution in [0.5, 0.6) is 0 Å². The maximum atomic E-state index is 5.56. The number of rotatable bonds is 12. The van der Waals surface area contributed by atoms with Gasteiger partial charge in [0.05, 0.1) is 0 Å². The average molecular weight is 260 g/mol. The van der Waals surface area contributed by atoms with Crippen LogP contribution in [0.1, 0.15) is 33.6 Å². The molecule has 0 aromatic rings. The van der Waals surface area contributed by atoms with E-state index in [-0.39, 0.29) is 6.29 Å². The summed E-state index contributed by atoms with van der Waals surface area (Å²) in [6.07, 6.45) is 2.13. The normalized spacial score (nSPS) is 12.0. The van der Waals surface area contributed by atoms with E-state index in [1.54, 1.807) is 0 Å². The number of hydrogen-bond acceptors (Lipinski definition) is 4. The van der Waals surface area contributed by atoms with E-state index >= 15 is 0 Å². The van der Waals surface area contributed by atoms with Gasteiger partial charge in [0, 0.05) is 26.2 Å². The molecular formula is C14H32N2O2. The van der Waals surface area contributed by atoms with Crippen molar-refractivity contribution in [3.8, 4) is 0 Å². The molecule has 0 saturated heterocycles. The Morgan fingerprint density at radius 2 is 1.50 bits per heavy atom. The van der Waals surface area contributed by atoms with Gasteiger partial charge < -0.3 is 19.3 Å². The van der Waals surface area contributed by atoms with Gasteiger partial charge in [0.15, 0.2) is 6.29 Å². The predicted octanol–water partition coefficient (Wildman–Crippen LogP) is 2.05. The fourth-order valence-corrected chi connectivity index (χ4v) is 1.91. The highest BCUT2D eigenvalue weighted by Crippen LogP contribution is 2.04. The summed E-state index contributed by atoms with van der Waals surface area (Å²) in [6.45, 7) is 12.1. The molecule has 0 bridgehead atoms. The minimum absolute atomic E-state index is 0.0390. The summed E-state index contributed by atoms with van der Waals surface area (Å²) in [4.78, 5) is 4.70. The fourth-order valence-electron chi connectivity index (χ4n) is 1.91. The summed E-state index contributed by atoms with van der Waals surface area (Å²) in [7, 11) is 4.24. The van der Waals surface area contributed by atoms with E-state index in [9.17, 15) is 0 Å². The van der Waals surface area contributed by atoms with E-state index in [1.807, 2.05) is 13.8 Å². The highest BCUT2D eigenvalue weighted by molar-refractivity contribution is 4.59. The number of ether oxygens (including phenoxy) is 2. The minimum atomic E-state index is -0.0390. The smallest absolute Gasteiger partial charge is 0.158 e. The molecule has 0 N–H and O–H groups in total. The average Bonchev–Trinajstić information content (AvgIpc) is 2.33. The molecule has 0 aliphatic heterocycles. The van der Waals surface area contributed by atoms with Gasteiger partial charge in [-0.05, 0) is 54.0 Å². The van der Waals surface area contributed by atoms with Crippen molar-refractivity contribution in [1.29, 1.82) is 0 Å². The molecule has 0 rings (SSSR count). The summed E-state index contributed by atoms with van der Waals surface area (Å²) in [5, 5.41) is 0. The molecule has 0 fully saturated rings. The molecule has 0 unspecified atom stereocenters. The first-order valence-corrected chi connectivity index (χ1v) is 7.24. The van der Waals surface area contributed by atoms with E-state index < -0.39 is 0 Å². The molecule has 0 saturated carbocycles. The van der Waals surface area contributed by atoms with Crippen LogP contribution in [0.3, 0.4) is 0 Å². The minimum Gasteiger partial charge on any atom is -0.353 e. The van der Waals surface area contributed by atoms with Crippen LogP contribution in [0.4, 0.5) is 0 Å². The van der Waals surface area contributed by atoms with Crippen molar-refractivity contribution >= 4 is 0 Å². The van der Waals surface area contributed by atoms with E-state index in [0.717, 1.165) is 45.8 Å². The third kappa shape index (κ3) is 9.83. The van der Waals surface area contributed by atoms with Crippen molar-refractivity contribution < 1.29 is 9.47 Å². The third-order valence-electron chi connectivity index (χ3n) is 2.91. The predicted molar refractivity (Wildman–Crippen MR) is 76.9 cm³/mol. The quantitative estimate of drug-likeness (QED) is 0.501. The number of nitrogens with zero attached hydrogens (tertiary/aromatic N) is 2. The summed E-state index contributed by atoms with van der Waals surface area (Å²) in [5.41, 5.74) is 0. The fraction of sp³-hybridized carbons (Fsp3) is 1.00. The molecule has 0 aliphatic carbocycles. The molecule has 0 amide bonds. The molecule has 110 valence electrons. The summed E-state index contributed by atoms with van der Waals surface area (Å²) in [5.74, 6) is 0. The SMILES string of the molecule is CCOC(CCN(CC)CCCN(C)C)OCC. The Labute approximate surface area is 113 Å². The molecule has 0 aliphatic rings. The molecule has 0 radical (unpaired) electrons. The van der Waals surface area contributed by atoms with Gasteiger partial charge in [0.2, 0.25) is 0 Å². The van der Waals surface area contributed by atoms with Crippen LogP contribution in [0.15, 0.2) is 0 Å². The maximum absolute atomic E-state index is 5.56. The lowest BCUT2D eigenvalue weighted by Crippen LogP contribution is -2.31. The van der Waals surface area contributed by atoms with Gasteiger partial charge >= 0.3 is 0 Å². The van der Waals surface area contributed by atoms with Crippen LogP contribution in [-0.4, -0.2) is 69.6 Å². The largest absolute Gasteiger partial charge is 0.353 e. The molecule has 18 heavy (non-hydrogen) atoms. The lowest BCUT2D eigenvalue weighted by atomic mass is 10.3. The molecule has 0 aromatic carbocycles. The lowest BCUT2D eigenvalue weighted by molar-refractivity contribution is -0.141. The maximum Gasteiger partial charge on any atom is 0.158 e. The van der Waals surface area contributed by atoms with Crippen LogP contribution >= 0.6 is 0 Å². The first kappa shape index (κ1) is 17.8. The molecule has 0 aromatic heterocycles. The van der Waals surface area contributed by atoms with Gasteiger partial charge in [-0.25, -0.2) is 0 Å². The topological polar surface area (TPSA) is 24.9 Å². The first-order valence-electron chi connectivity index (χ1n) is 7.24. The van der Waals surface area contributed by atoms with E-state index in [2.05, 4.69) is 30.8 Å². The Balaban J connectivity index is 3.81. The van der Waals surface area contributed by atoms with Crippen molar-refractivity contribution in [2.24, 2.45) is 0 Å². The third-order valence-corrected chi connectivity index (χ3v) is 2.91. The van der Waals surface area contributed by atoms with Gasteiger partial charge in [-0.15, -0.1) is 0 Å². The van der Waals surface area contributed by atoms with Crippen molar-refractivity contribution in [3.63, 3.8) is 0 Å². The standard InChI is InChI=1S/C14H32N2O2/c1-6-16(12-9-11-15(4)5)13-10-14(17-7-2)18-8-3/h14H,6-13H2,1-5H3. The molecule has 4 nitrogen and oxygen atoms in total. The summed E-state index contributed by atoms with van der Waals surface area (Å²) >= 11 is 0. The second kappa shape index (κ2) is 11.9. The van der Waals surface area contributed by atoms with Gasteiger partial charge in [0.1, 0.15) is 0 Å². The molecule has 0 heterocycles. The van der Waals surface area contributed by atoms with Gasteiger partial charge in [-0.1, -0.05) is 6.92 Å². The second-order valence-corrected chi connectivity index (χ2v) is 4.72. The van der Waals surface area contributed by atoms with Gasteiger partial charge in [-0.2, -0.15) is 0 Å². The Bertz CT molecular complexity index is 171. The molecule has 0 atom stereocenters. The van der Waals surface area contributed by atoms with Crippen LogP contribution < -0.4 is 0 Å².